The smallest absolute Gasteiger partial charge is 0.255 e. The van der Waals surface area contributed by atoms with Crippen molar-refractivity contribution in [2.24, 2.45) is 0 Å². The Morgan fingerprint density at radius 3 is 2.16 bits per heavy atom. The lowest BCUT2D eigenvalue weighted by Crippen LogP contribution is -2.29. The van der Waals surface area contributed by atoms with Crippen molar-refractivity contribution in [3.8, 4) is 0 Å². The summed E-state index contributed by atoms with van der Waals surface area (Å²) >= 11 is 0. The molecule has 1 heterocycles. The molecule has 0 atom stereocenters. The highest BCUT2D eigenvalue weighted by Gasteiger charge is 2.12. The molecule has 132 valence electrons. The fraction of sp³-hybridized carbons (Fsp3) is 0.409. The van der Waals surface area contributed by atoms with Crippen LogP contribution in [0.4, 0.5) is 5.69 Å². The molecule has 0 saturated carbocycles. The maximum atomic E-state index is 12.6. The Kier molecular flexibility index (Phi) is 5.54. The normalized spacial score (nSPS) is 15.2. The van der Waals surface area contributed by atoms with E-state index in [0.717, 1.165) is 23.4 Å². The second-order valence-electron chi connectivity index (χ2n) is 7.26. The first-order chi connectivity index (χ1) is 12.0. The third-order valence-corrected chi connectivity index (χ3v) is 4.99. The van der Waals surface area contributed by atoms with Crippen LogP contribution < -0.4 is 5.32 Å². The van der Waals surface area contributed by atoms with E-state index < -0.39 is 0 Å². The van der Waals surface area contributed by atoms with Gasteiger partial charge in [-0.15, -0.1) is 0 Å². The molecule has 3 rings (SSSR count). The summed E-state index contributed by atoms with van der Waals surface area (Å²) in [6, 6.07) is 12.2. The van der Waals surface area contributed by atoms with E-state index in [4.69, 9.17) is 0 Å². The topological polar surface area (TPSA) is 32.3 Å². The SMILES string of the molecule is Cc1cc(C)c(NC(=O)c2ccc(CN3CCCCC3)cc2)c(C)c1. The van der Waals surface area contributed by atoms with Crippen molar-refractivity contribution >= 4 is 11.6 Å². The van der Waals surface area contributed by atoms with Crippen molar-refractivity contribution in [2.45, 2.75) is 46.6 Å². The number of likely N-dealkylation sites (tertiary alicyclic amines) is 1. The molecule has 3 heteroatoms. The Morgan fingerprint density at radius 1 is 0.960 bits per heavy atom. The standard InChI is InChI=1S/C22H28N2O/c1-16-13-17(2)21(18(3)14-16)23-22(25)20-9-7-19(8-10-20)15-24-11-5-4-6-12-24/h7-10,13-14H,4-6,11-12,15H2,1-3H3,(H,23,25). The summed E-state index contributed by atoms with van der Waals surface area (Å²) < 4.78 is 0. The molecule has 3 nitrogen and oxygen atoms in total. The zero-order chi connectivity index (χ0) is 17.8. The van der Waals surface area contributed by atoms with Gasteiger partial charge in [0.05, 0.1) is 0 Å². The van der Waals surface area contributed by atoms with Gasteiger partial charge in [0.2, 0.25) is 0 Å². The van der Waals surface area contributed by atoms with Crippen LogP contribution in [-0.2, 0) is 6.54 Å². The summed E-state index contributed by atoms with van der Waals surface area (Å²) in [6.45, 7) is 9.52. The summed E-state index contributed by atoms with van der Waals surface area (Å²) in [5.74, 6) is -0.0421. The van der Waals surface area contributed by atoms with Gasteiger partial charge in [0.1, 0.15) is 0 Å². The third kappa shape index (κ3) is 4.49. The predicted molar refractivity (Wildman–Crippen MR) is 104 cm³/mol. The van der Waals surface area contributed by atoms with Crippen LogP contribution in [0.3, 0.4) is 0 Å². The quantitative estimate of drug-likeness (QED) is 0.865. The highest BCUT2D eigenvalue weighted by molar-refractivity contribution is 6.05. The molecule has 0 unspecified atom stereocenters. The molecule has 0 aliphatic carbocycles. The first kappa shape index (κ1) is 17.7. The molecule has 25 heavy (non-hydrogen) atoms. The fourth-order valence-electron chi connectivity index (χ4n) is 3.70. The van der Waals surface area contributed by atoms with Crippen LogP contribution in [0.25, 0.3) is 0 Å². The largest absolute Gasteiger partial charge is 0.322 e. The van der Waals surface area contributed by atoms with Crippen molar-refractivity contribution in [2.75, 3.05) is 18.4 Å². The van der Waals surface area contributed by atoms with Crippen molar-refractivity contribution < 1.29 is 4.79 Å². The molecule has 1 saturated heterocycles. The number of hydrogen-bond acceptors (Lipinski definition) is 2. The monoisotopic (exact) mass is 336 g/mol. The molecule has 1 fully saturated rings. The number of hydrogen-bond donors (Lipinski definition) is 1. The Labute approximate surface area is 151 Å². The van der Waals surface area contributed by atoms with Gasteiger partial charge in [-0.3, -0.25) is 9.69 Å². The number of anilines is 1. The molecule has 0 spiro atoms. The Balaban J connectivity index is 1.66. The van der Waals surface area contributed by atoms with Crippen LogP contribution in [0.5, 0.6) is 0 Å². The van der Waals surface area contributed by atoms with Crippen LogP contribution >= 0.6 is 0 Å². The van der Waals surface area contributed by atoms with E-state index >= 15 is 0 Å². The summed E-state index contributed by atoms with van der Waals surface area (Å²) in [7, 11) is 0. The van der Waals surface area contributed by atoms with Gasteiger partial charge in [-0.05, 0) is 75.5 Å². The number of nitrogens with zero attached hydrogens (tertiary/aromatic N) is 1. The first-order valence-electron chi connectivity index (χ1n) is 9.23. The van der Waals surface area contributed by atoms with Gasteiger partial charge in [0.15, 0.2) is 0 Å². The van der Waals surface area contributed by atoms with Crippen LogP contribution in [0.1, 0.15) is 51.9 Å². The maximum Gasteiger partial charge on any atom is 0.255 e. The van der Waals surface area contributed by atoms with Crippen LogP contribution in [0, 0.1) is 20.8 Å². The number of piperidine rings is 1. The van der Waals surface area contributed by atoms with Crippen LogP contribution in [-0.4, -0.2) is 23.9 Å². The Morgan fingerprint density at radius 2 is 1.56 bits per heavy atom. The molecule has 1 amide bonds. The minimum absolute atomic E-state index is 0.0421. The van der Waals surface area contributed by atoms with Crippen molar-refractivity contribution in [1.82, 2.24) is 4.90 Å². The number of carbonyl (C=O) groups excluding carboxylic acids is 1. The molecule has 2 aromatic carbocycles. The molecule has 1 aliphatic rings. The minimum Gasteiger partial charge on any atom is -0.322 e. The van der Waals surface area contributed by atoms with Crippen LogP contribution in [0.15, 0.2) is 36.4 Å². The Hall–Kier alpha value is -2.13. The maximum absolute atomic E-state index is 12.6. The second-order valence-corrected chi connectivity index (χ2v) is 7.26. The molecule has 0 bridgehead atoms. The van der Waals surface area contributed by atoms with Gasteiger partial charge in [-0.2, -0.15) is 0 Å². The second kappa shape index (κ2) is 7.83. The first-order valence-corrected chi connectivity index (χ1v) is 9.23. The van der Waals surface area contributed by atoms with Crippen molar-refractivity contribution in [1.29, 1.82) is 0 Å². The van der Waals surface area contributed by atoms with E-state index in [9.17, 15) is 4.79 Å². The lowest BCUT2D eigenvalue weighted by atomic mass is 10.0. The lowest BCUT2D eigenvalue weighted by Gasteiger charge is -2.26. The van der Waals surface area contributed by atoms with Crippen molar-refractivity contribution in [3.05, 3.63) is 64.2 Å². The van der Waals surface area contributed by atoms with E-state index in [-0.39, 0.29) is 5.91 Å². The molecule has 1 N–H and O–H groups in total. The number of benzene rings is 2. The van der Waals surface area contributed by atoms with Gasteiger partial charge in [-0.25, -0.2) is 0 Å². The number of nitrogens with one attached hydrogen (secondary N) is 1. The number of amides is 1. The van der Waals surface area contributed by atoms with E-state index in [1.54, 1.807) is 0 Å². The zero-order valence-corrected chi connectivity index (χ0v) is 15.6. The average molecular weight is 336 g/mol. The summed E-state index contributed by atoms with van der Waals surface area (Å²) in [6.07, 6.45) is 3.96. The van der Waals surface area contributed by atoms with E-state index in [0.29, 0.717) is 5.56 Å². The van der Waals surface area contributed by atoms with Crippen molar-refractivity contribution in [3.63, 3.8) is 0 Å². The van der Waals surface area contributed by atoms with E-state index in [1.165, 1.54) is 43.5 Å². The highest BCUT2D eigenvalue weighted by atomic mass is 16.1. The molecule has 1 aliphatic heterocycles. The molecule has 2 aromatic rings. The zero-order valence-electron chi connectivity index (χ0n) is 15.6. The third-order valence-electron chi connectivity index (χ3n) is 4.99. The van der Waals surface area contributed by atoms with Gasteiger partial charge in [0, 0.05) is 17.8 Å². The highest BCUT2D eigenvalue weighted by Crippen LogP contribution is 2.23. The van der Waals surface area contributed by atoms with Gasteiger partial charge in [0.25, 0.3) is 5.91 Å². The summed E-state index contributed by atoms with van der Waals surface area (Å²) in [5.41, 5.74) is 6.34. The summed E-state index contributed by atoms with van der Waals surface area (Å²) in [5, 5.41) is 3.07. The average Bonchev–Trinajstić information content (AvgIpc) is 2.59. The van der Waals surface area contributed by atoms with Gasteiger partial charge >= 0.3 is 0 Å². The van der Waals surface area contributed by atoms with E-state index in [1.807, 2.05) is 26.0 Å². The number of carbonyl (C=O) groups is 1. The molecular weight excluding hydrogens is 308 g/mol. The molecule has 0 aromatic heterocycles. The lowest BCUT2D eigenvalue weighted by molar-refractivity contribution is 0.102. The number of rotatable bonds is 4. The van der Waals surface area contributed by atoms with Crippen LogP contribution in [0.2, 0.25) is 0 Å². The predicted octanol–water partition coefficient (Wildman–Crippen LogP) is 4.85. The van der Waals surface area contributed by atoms with E-state index in [2.05, 4.69) is 41.4 Å². The molecule has 0 radical (unpaired) electrons. The fourth-order valence-corrected chi connectivity index (χ4v) is 3.70. The summed E-state index contributed by atoms with van der Waals surface area (Å²) in [4.78, 5) is 15.1. The minimum atomic E-state index is -0.0421. The number of aryl methyl sites for hydroxylation is 3. The van der Waals surface area contributed by atoms with Gasteiger partial charge < -0.3 is 5.32 Å². The Bertz CT molecular complexity index is 720. The molecular formula is C22H28N2O. The van der Waals surface area contributed by atoms with Gasteiger partial charge in [-0.1, -0.05) is 36.2 Å².